The van der Waals surface area contributed by atoms with Gasteiger partial charge in [0.25, 0.3) is 0 Å². The molecule has 5 N–H and O–H groups in total. The summed E-state index contributed by atoms with van der Waals surface area (Å²) in [5.41, 5.74) is 7.33. The van der Waals surface area contributed by atoms with Crippen LogP contribution in [0.3, 0.4) is 0 Å². The topological polar surface area (TPSA) is 122 Å². The molecule has 8 heteroatoms. The maximum atomic E-state index is 12.0. The minimum atomic E-state index is -4.63. The van der Waals surface area contributed by atoms with E-state index >= 15 is 0 Å². The van der Waals surface area contributed by atoms with E-state index in [0.29, 0.717) is 5.69 Å². The molecule has 7 nitrogen and oxygen atoms in total. The Labute approximate surface area is 155 Å². The van der Waals surface area contributed by atoms with Gasteiger partial charge in [-0.2, -0.15) is 0 Å². The first-order valence-corrected chi connectivity index (χ1v) is 10.7. The number of amides is 1. The van der Waals surface area contributed by atoms with Crippen molar-refractivity contribution in [3.05, 3.63) is 29.8 Å². The number of rotatable bonds is 13. The molecule has 0 heterocycles. The molecule has 0 radical (unpaired) electrons. The fourth-order valence-electron chi connectivity index (χ4n) is 2.58. The predicted molar refractivity (Wildman–Crippen MR) is 103 cm³/mol. The summed E-state index contributed by atoms with van der Waals surface area (Å²) in [5.74, 6) is -0.550. The van der Waals surface area contributed by atoms with E-state index < -0.39 is 26.4 Å². The number of benzene rings is 1. The second-order valence-electron chi connectivity index (χ2n) is 6.45. The minimum absolute atomic E-state index is 0.548. The van der Waals surface area contributed by atoms with Crippen LogP contribution in [0.4, 0.5) is 5.69 Å². The van der Waals surface area contributed by atoms with Crippen LogP contribution >= 0.6 is 7.82 Å². The van der Waals surface area contributed by atoms with Gasteiger partial charge in [-0.05, 0) is 30.5 Å². The van der Waals surface area contributed by atoms with Crippen LogP contribution in [0.5, 0.6) is 0 Å². The van der Waals surface area contributed by atoms with Gasteiger partial charge in [-0.25, -0.2) is 4.57 Å². The lowest BCUT2D eigenvalue weighted by Gasteiger charge is -2.13. The van der Waals surface area contributed by atoms with Crippen LogP contribution in [0, 0.1) is 0 Å². The number of hydrogen-bond acceptors (Lipinski definition) is 4. The van der Waals surface area contributed by atoms with Crippen LogP contribution in [0.1, 0.15) is 57.4 Å². The fraction of sp³-hybridized carbons (Fsp3) is 0.611. The predicted octanol–water partition coefficient (Wildman–Crippen LogP) is 3.35. The van der Waals surface area contributed by atoms with Crippen LogP contribution in [-0.2, 0) is 20.3 Å². The first-order chi connectivity index (χ1) is 12.3. The lowest BCUT2D eigenvalue weighted by atomic mass is 10.0. The first-order valence-electron chi connectivity index (χ1n) is 9.17. The number of aryl methyl sites for hydroxylation is 1. The van der Waals surface area contributed by atoms with Gasteiger partial charge >= 0.3 is 7.82 Å². The molecule has 1 atom stereocenters. The molecule has 1 aromatic carbocycles. The Bertz CT molecular complexity index is 591. The molecule has 0 aliphatic carbocycles. The summed E-state index contributed by atoms with van der Waals surface area (Å²) in [4.78, 5) is 29.2. The van der Waals surface area contributed by atoms with Crippen LogP contribution in [0.2, 0.25) is 0 Å². The Morgan fingerprint density at radius 1 is 1.19 bits per heavy atom. The van der Waals surface area contributed by atoms with Gasteiger partial charge in [0.15, 0.2) is 0 Å². The maximum absolute atomic E-state index is 12.0. The Morgan fingerprint density at radius 3 is 2.50 bits per heavy atom. The van der Waals surface area contributed by atoms with Crippen LogP contribution < -0.4 is 11.1 Å². The molecule has 0 spiro atoms. The van der Waals surface area contributed by atoms with Crippen molar-refractivity contribution < 1.29 is 23.7 Å². The molecule has 0 aromatic heterocycles. The molecule has 0 fully saturated rings. The third kappa shape index (κ3) is 10.7. The summed E-state index contributed by atoms with van der Waals surface area (Å²) in [6.45, 7) is 1.66. The van der Waals surface area contributed by atoms with Crippen molar-refractivity contribution in [2.75, 3.05) is 11.9 Å². The highest BCUT2D eigenvalue weighted by Crippen LogP contribution is 2.35. The highest BCUT2D eigenvalue weighted by atomic mass is 31.2. The smallest absolute Gasteiger partial charge is 0.325 e. The summed E-state index contributed by atoms with van der Waals surface area (Å²) < 4.78 is 14.9. The molecule has 26 heavy (non-hydrogen) atoms. The summed E-state index contributed by atoms with van der Waals surface area (Å²) in [7, 11) is -4.63. The van der Waals surface area contributed by atoms with Crippen molar-refractivity contribution in [2.45, 2.75) is 64.3 Å². The first kappa shape index (κ1) is 22.8. The van der Waals surface area contributed by atoms with E-state index in [0.717, 1.165) is 18.4 Å². The molecule has 1 amide bonds. The van der Waals surface area contributed by atoms with E-state index in [2.05, 4.69) is 16.8 Å². The van der Waals surface area contributed by atoms with Crippen molar-refractivity contribution in [3.63, 3.8) is 0 Å². The summed E-state index contributed by atoms with van der Waals surface area (Å²) in [5, 5.41) is 2.65. The SMILES string of the molecule is CCCCCCCCCc1cccc(NC(=O)[C@@H](N)COP(=O)(O)O)c1. The van der Waals surface area contributed by atoms with Gasteiger partial charge in [-0.3, -0.25) is 9.32 Å². The molecule has 1 aromatic rings. The minimum Gasteiger partial charge on any atom is -0.325 e. The molecule has 1 rings (SSSR count). The Hall–Kier alpha value is -1.24. The number of unbranched alkanes of at least 4 members (excludes halogenated alkanes) is 6. The number of phosphoric acid groups is 1. The number of hydrogen-bond donors (Lipinski definition) is 4. The Kier molecular flexibility index (Phi) is 10.7. The fourth-order valence-corrected chi connectivity index (χ4v) is 2.93. The zero-order valence-corrected chi connectivity index (χ0v) is 16.3. The molecule has 0 bridgehead atoms. The zero-order chi connectivity index (χ0) is 19.4. The summed E-state index contributed by atoms with van der Waals surface area (Å²) in [6.07, 6.45) is 9.68. The van der Waals surface area contributed by atoms with E-state index in [1.54, 1.807) is 6.07 Å². The second-order valence-corrected chi connectivity index (χ2v) is 7.69. The van der Waals surface area contributed by atoms with Gasteiger partial charge < -0.3 is 20.8 Å². The van der Waals surface area contributed by atoms with Crippen LogP contribution in [0.15, 0.2) is 24.3 Å². The van der Waals surface area contributed by atoms with Crippen LogP contribution in [-0.4, -0.2) is 28.3 Å². The zero-order valence-electron chi connectivity index (χ0n) is 15.4. The van der Waals surface area contributed by atoms with E-state index in [9.17, 15) is 9.36 Å². The highest BCUT2D eigenvalue weighted by Gasteiger charge is 2.20. The molecular weight excluding hydrogens is 355 g/mol. The van der Waals surface area contributed by atoms with Crippen molar-refractivity contribution in [1.82, 2.24) is 0 Å². The Balaban J connectivity index is 2.36. The number of phosphoric ester groups is 1. The van der Waals surface area contributed by atoms with E-state index in [1.165, 1.54) is 38.5 Å². The van der Waals surface area contributed by atoms with Crippen molar-refractivity contribution in [1.29, 1.82) is 0 Å². The number of carbonyl (C=O) groups excluding carboxylic acids is 1. The normalized spacial score (nSPS) is 12.8. The molecule has 0 aliphatic heterocycles. The average molecular weight is 386 g/mol. The highest BCUT2D eigenvalue weighted by molar-refractivity contribution is 7.46. The van der Waals surface area contributed by atoms with E-state index in [4.69, 9.17) is 15.5 Å². The number of nitrogens with two attached hydrogens (primary N) is 1. The molecular formula is C18H31N2O5P. The van der Waals surface area contributed by atoms with Gasteiger partial charge in [-0.1, -0.05) is 57.6 Å². The molecule has 148 valence electrons. The number of carbonyl (C=O) groups is 1. The quantitative estimate of drug-likeness (QED) is 0.305. The van der Waals surface area contributed by atoms with Gasteiger partial charge in [0.1, 0.15) is 6.04 Å². The third-order valence-electron chi connectivity index (χ3n) is 4.02. The van der Waals surface area contributed by atoms with Gasteiger partial charge in [-0.15, -0.1) is 0 Å². The average Bonchev–Trinajstić information content (AvgIpc) is 2.58. The lowest BCUT2D eigenvalue weighted by molar-refractivity contribution is -0.118. The standard InChI is InChI=1S/C18H31N2O5P/c1-2-3-4-5-6-7-8-10-15-11-9-12-16(13-15)20-18(21)17(19)14-25-26(22,23)24/h9,11-13,17H,2-8,10,14,19H2,1H3,(H,20,21)(H2,22,23,24)/t17-/m0/s1. The van der Waals surface area contributed by atoms with Crippen molar-refractivity contribution in [3.8, 4) is 0 Å². The van der Waals surface area contributed by atoms with Crippen molar-refractivity contribution >= 4 is 19.4 Å². The molecule has 0 saturated carbocycles. The van der Waals surface area contributed by atoms with Crippen molar-refractivity contribution in [2.24, 2.45) is 5.73 Å². The second kappa shape index (κ2) is 12.2. The summed E-state index contributed by atoms with van der Waals surface area (Å²) >= 11 is 0. The molecule has 0 saturated heterocycles. The number of nitrogens with one attached hydrogen (secondary N) is 1. The maximum Gasteiger partial charge on any atom is 0.469 e. The third-order valence-corrected chi connectivity index (χ3v) is 4.51. The van der Waals surface area contributed by atoms with Gasteiger partial charge in [0, 0.05) is 5.69 Å². The molecule has 0 aliphatic rings. The van der Waals surface area contributed by atoms with Crippen LogP contribution in [0.25, 0.3) is 0 Å². The number of anilines is 1. The van der Waals surface area contributed by atoms with Gasteiger partial charge in [0.2, 0.25) is 5.91 Å². The van der Waals surface area contributed by atoms with E-state index in [1.807, 2.05) is 18.2 Å². The lowest BCUT2D eigenvalue weighted by Crippen LogP contribution is -2.39. The largest absolute Gasteiger partial charge is 0.469 e. The molecule has 0 unspecified atom stereocenters. The van der Waals surface area contributed by atoms with Gasteiger partial charge in [0.05, 0.1) is 6.61 Å². The summed E-state index contributed by atoms with van der Waals surface area (Å²) in [6, 6.07) is 6.37. The monoisotopic (exact) mass is 386 g/mol. The Morgan fingerprint density at radius 2 is 1.85 bits per heavy atom. The van der Waals surface area contributed by atoms with E-state index in [-0.39, 0.29) is 0 Å².